The molecule has 5 nitrogen and oxygen atoms in total. The fraction of sp³-hybridized carbons (Fsp3) is 0.125. The van der Waals surface area contributed by atoms with Crippen LogP contribution in [0.25, 0.3) is 0 Å². The first-order chi connectivity index (χ1) is 6.97. The number of nitrogens with one attached hydrogen (secondary N) is 1. The molecule has 15 heavy (non-hydrogen) atoms. The Labute approximate surface area is 92.6 Å². The topological polar surface area (TPSA) is 72.2 Å². The van der Waals surface area contributed by atoms with Crippen molar-refractivity contribution in [3.8, 4) is 0 Å². The van der Waals surface area contributed by atoms with Crippen molar-refractivity contribution in [1.29, 1.82) is 0 Å². The SMILES string of the molecule is CNC(=O)c1cc(Br)cc([N+](=O)[O-])c1F. The van der Waals surface area contributed by atoms with E-state index >= 15 is 0 Å². The van der Waals surface area contributed by atoms with E-state index in [1.54, 1.807) is 0 Å². The van der Waals surface area contributed by atoms with E-state index in [1.165, 1.54) is 13.1 Å². The molecule has 0 aliphatic carbocycles. The van der Waals surface area contributed by atoms with Gasteiger partial charge in [0.25, 0.3) is 5.91 Å². The molecule has 0 aliphatic heterocycles. The van der Waals surface area contributed by atoms with Gasteiger partial charge in [-0.1, -0.05) is 15.9 Å². The fourth-order valence-electron chi connectivity index (χ4n) is 1.01. The highest BCUT2D eigenvalue weighted by Crippen LogP contribution is 2.25. The quantitative estimate of drug-likeness (QED) is 0.662. The summed E-state index contributed by atoms with van der Waals surface area (Å²) in [7, 11) is 1.31. The lowest BCUT2D eigenvalue weighted by atomic mass is 10.1. The van der Waals surface area contributed by atoms with Gasteiger partial charge in [-0.2, -0.15) is 4.39 Å². The van der Waals surface area contributed by atoms with Crippen molar-refractivity contribution >= 4 is 27.5 Å². The number of carbonyl (C=O) groups excluding carboxylic acids is 1. The van der Waals surface area contributed by atoms with E-state index in [1.807, 2.05) is 0 Å². The van der Waals surface area contributed by atoms with Gasteiger partial charge in [0.2, 0.25) is 5.82 Å². The monoisotopic (exact) mass is 276 g/mol. The van der Waals surface area contributed by atoms with Crippen molar-refractivity contribution in [1.82, 2.24) is 5.32 Å². The molecule has 1 aromatic rings. The first kappa shape index (κ1) is 11.6. The Balaban J connectivity index is 3.41. The van der Waals surface area contributed by atoms with Gasteiger partial charge in [0.1, 0.15) is 0 Å². The molecule has 80 valence electrons. The molecular weight excluding hydrogens is 271 g/mol. The van der Waals surface area contributed by atoms with Gasteiger partial charge in [0, 0.05) is 17.6 Å². The second-order valence-electron chi connectivity index (χ2n) is 2.62. The summed E-state index contributed by atoms with van der Waals surface area (Å²) in [5, 5.41) is 12.6. The van der Waals surface area contributed by atoms with E-state index in [0.717, 1.165) is 6.07 Å². The van der Waals surface area contributed by atoms with Crippen molar-refractivity contribution in [2.75, 3.05) is 7.05 Å². The summed E-state index contributed by atoms with van der Waals surface area (Å²) >= 11 is 2.96. The third kappa shape index (κ3) is 2.30. The maximum Gasteiger partial charge on any atom is 0.306 e. The van der Waals surface area contributed by atoms with Crippen LogP contribution in [0.1, 0.15) is 10.4 Å². The lowest BCUT2D eigenvalue weighted by molar-refractivity contribution is -0.387. The van der Waals surface area contributed by atoms with Gasteiger partial charge in [-0.25, -0.2) is 0 Å². The maximum absolute atomic E-state index is 13.4. The molecule has 0 atom stereocenters. The second-order valence-corrected chi connectivity index (χ2v) is 3.54. The number of amides is 1. The Bertz CT molecular complexity index is 436. The first-order valence-electron chi connectivity index (χ1n) is 3.83. The molecule has 7 heteroatoms. The molecule has 0 fully saturated rings. The standard InChI is InChI=1S/C8H6BrFN2O3/c1-11-8(13)5-2-4(9)3-6(7(5)10)12(14)15/h2-3H,1H3,(H,11,13). The molecule has 0 spiro atoms. The molecule has 0 bridgehead atoms. The number of hydrogen-bond donors (Lipinski definition) is 1. The number of nitro benzene ring substituents is 1. The predicted molar refractivity (Wildman–Crippen MR) is 54.1 cm³/mol. The minimum Gasteiger partial charge on any atom is -0.355 e. The zero-order chi connectivity index (χ0) is 11.6. The molecule has 0 saturated heterocycles. The molecule has 0 saturated carbocycles. The van der Waals surface area contributed by atoms with Crippen LogP contribution >= 0.6 is 15.9 Å². The number of nitrogens with zero attached hydrogens (tertiary/aromatic N) is 1. The molecular formula is C8H6BrFN2O3. The minimum absolute atomic E-state index is 0.272. The molecule has 1 amide bonds. The molecule has 0 aromatic heterocycles. The second kappa shape index (κ2) is 4.35. The van der Waals surface area contributed by atoms with Crippen LogP contribution < -0.4 is 5.32 Å². The van der Waals surface area contributed by atoms with Gasteiger partial charge < -0.3 is 5.32 Å². The van der Waals surface area contributed by atoms with E-state index in [2.05, 4.69) is 21.2 Å². The van der Waals surface area contributed by atoms with E-state index in [-0.39, 0.29) is 10.0 Å². The average Bonchev–Trinajstić information content (AvgIpc) is 2.19. The average molecular weight is 277 g/mol. The maximum atomic E-state index is 13.4. The molecule has 0 heterocycles. The highest BCUT2D eigenvalue weighted by molar-refractivity contribution is 9.10. The smallest absolute Gasteiger partial charge is 0.306 e. The Kier molecular flexibility index (Phi) is 3.35. The molecule has 1 aromatic carbocycles. The summed E-state index contributed by atoms with van der Waals surface area (Å²) in [4.78, 5) is 20.7. The van der Waals surface area contributed by atoms with Gasteiger partial charge >= 0.3 is 5.69 Å². The molecule has 0 unspecified atom stereocenters. The van der Waals surface area contributed by atoms with Gasteiger partial charge in [-0.3, -0.25) is 14.9 Å². The Morgan fingerprint density at radius 3 is 2.67 bits per heavy atom. The molecule has 0 radical (unpaired) electrons. The van der Waals surface area contributed by atoms with Crippen LogP contribution in [0, 0.1) is 15.9 Å². The number of halogens is 2. The van der Waals surface area contributed by atoms with Crippen molar-refractivity contribution in [3.05, 3.63) is 38.1 Å². The van der Waals surface area contributed by atoms with Crippen LogP contribution in [0.15, 0.2) is 16.6 Å². The summed E-state index contributed by atoms with van der Waals surface area (Å²) < 4.78 is 13.7. The zero-order valence-corrected chi connectivity index (χ0v) is 9.17. The summed E-state index contributed by atoms with van der Waals surface area (Å²) in [5.74, 6) is -1.85. The van der Waals surface area contributed by atoms with Crippen LogP contribution in [0.3, 0.4) is 0 Å². The normalized spacial score (nSPS) is 9.80. The summed E-state index contributed by atoms with van der Waals surface area (Å²) in [6.07, 6.45) is 0. The van der Waals surface area contributed by atoms with Crippen molar-refractivity contribution in [2.24, 2.45) is 0 Å². The third-order valence-corrected chi connectivity index (χ3v) is 2.14. The van der Waals surface area contributed by atoms with E-state index < -0.39 is 22.3 Å². The molecule has 1 N–H and O–H groups in total. The Morgan fingerprint density at radius 1 is 1.60 bits per heavy atom. The zero-order valence-electron chi connectivity index (χ0n) is 7.58. The van der Waals surface area contributed by atoms with E-state index in [0.29, 0.717) is 0 Å². The van der Waals surface area contributed by atoms with Gasteiger partial charge in [0.05, 0.1) is 10.5 Å². The van der Waals surface area contributed by atoms with E-state index in [4.69, 9.17) is 0 Å². The van der Waals surface area contributed by atoms with Crippen LogP contribution in [-0.4, -0.2) is 17.9 Å². The number of rotatable bonds is 2. The molecule has 1 rings (SSSR count). The highest BCUT2D eigenvalue weighted by atomic mass is 79.9. The lowest BCUT2D eigenvalue weighted by Gasteiger charge is -2.02. The van der Waals surface area contributed by atoms with Crippen molar-refractivity contribution in [3.63, 3.8) is 0 Å². The number of benzene rings is 1. The summed E-state index contributed by atoms with van der Waals surface area (Å²) in [6.45, 7) is 0. The predicted octanol–water partition coefficient (Wildman–Crippen LogP) is 1.86. The van der Waals surface area contributed by atoms with Gasteiger partial charge in [0.15, 0.2) is 0 Å². The van der Waals surface area contributed by atoms with Crippen molar-refractivity contribution < 1.29 is 14.1 Å². The first-order valence-corrected chi connectivity index (χ1v) is 4.62. The lowest BCUT2D eigenvalue weighted by Crippen LogP contribution is -2.19. The van der Waals surface area contributed by atoms with Crippen molar-refractivity contribution in [2.45, 2.75) is 0 Å². The van der Waals surface area contributed by atoms with Crippen LogP contribution in [-0.2, 0) is 0 Å². The summed E-state index contributed by atoms with van der Waals surface area (Å²) in [6, 6.07) is 2.18. The van der Waals surface area contributed by atoms with E-state index in [9.17, 15) is 19.3 Å². The summed E-state index contributed by atoms with van der Waals surface area (Å²) in [5.41, 5.74) is -1.10. The highest BCUT2D eigenvalue weighted by Gasteiger charge is 2.22. The minimum atomic E-state index is -1.14. The van der Waals surface area contributed by atoms with Gasteiger partial charge in [-0.05, 0) is 6.07 Å². The fourth-order valence-corrected chi connectivity index (χ4v) is 1.45. The number of nitro groups is 1. The van der Waals surface area contributed by atoms with Crippen LogP contribution in [0.2, 0.25) is 0 Å². The Hall–Kier alpha value is -1.50. The van der Waals surface area contributed by atoms with Gasteiger partial charge in [-0.15, -0.1) is 0 Å². The van der Waals surface area contributed by atoms with Crippen LogP contribution in [0.4, 0.5) is 10.1 Å². The number of carbonyl (C=O) groups is 1. The number of hydrogen-bond acceptors (Lipinski definition) is 3. The van der Waals surface area contributed by atoms with Crippen LogP contribution in [0.5, 0.6) is 0 Å². The largest absolute Gasteiger partial charge is 0.355 e. The third-order valence-electron chi connectivity index (χ3n) is 1.69. The Morgan fingerprint density at radius 2 is 2.20 bits per heavy atom. The molecule has 0 aliphatic rings.